The average Bonchev–Trinajstić information content (AvgIpc) is 3.26. The Morgan fingerprint density at radius 2 is 1.85 bits per heavy atom. The molecule has 7 heteroatoms. The van der Waals surface area contributed by atoms with Crippen LogP contribution in [0.4, 0.5) is 5.82 Å². The Bertz CT molecular complexity index is 1030. The summed E-state index contributed by atoms with van der Waals surface area (Å²) in [6.07, 6.45) is 5.89. The highest BCUT2D eigenvalue weighted by molar-refractivity contribution is 5.92. The number of hydrogen-bond donors (Lipinski definition) is 1. The fourth-order valence-corrected chi connectivity index (χ4v) is 4.90. The smallest absolute Gasteiger partial charge is 0.158 e. The second-order valence-electron chi connectivity index (χ2n) is 9.07. The Balaban J connectivity index is 1.24. The van der Waals surface area contributed by atoms with Gasteiger partial charge in [-0.15, -0.1) is 10.2 Å². The molecule has 7 nitrogen and oxygen atoms in total. The maximum atomic E-state index is 6.04. The second-order valence-corrected chi connectivity index (χ2v) is 9.07. The molecule has 3 aromatic rings. The molecule has 2 aromatic heterocycles. The largest absolute Gasteiger partial charge is 0.379 e. The summed E-state index contributed by atoms with van der Waals surface area (Å²) in [7, 11) is 0. The van der Waals surface area contributed by atoms with Crippen molar-refractivity contribution in [2.24, 2.45) is 0 Å². The van der Waals surface area contributed by atoms with Gasteiger partial charge in [-0.05, 0) is 50.3 Å². The number of morpholine rings is 1. The molecule has 1 fully saturated rings. The zero-order valence-electron chi connectivity index (χ0n) is 19.5. The van der Waals surface area contributed by atoms with Crippen LogP contribution in [0.2, 0.25) is 0 Å². The predicted molar refractivity (Wildman–Crippen MR) is 130 cm³/mol. The minimum atomic E-state index is 0.474. The molecule has 0 amide bonds. The zero-order chi connectivity index (χ0) is 22.3. The topological polar surface area (TPSA) is 64.4 Å². The molecular weight excluding hydrogens is 414 g/mol. The lowest BCUT2D eigenvalue weighted by atomic mass is 10.1. The van der Waals surface area contributed by atoms with Gasteiger partial charge in [0.15, 0.2) is 5.82 Å². The molecule has 0 aliphatic carbocycles. The standard InChI is InChI=1S/C26H35N5O2/c1-2-8-21(9-3-1)19-33-20-24-25-23(18-22-10-4-6-13-31(22)25)26(29-28-24)27-11-5-7-12-30-14-16-32-17-15-30/h1-3,8-9,18H,4-7,10-17,19-20H2,(H,27,29). The third-order valence-electron chi connectivity index (χ3n) is 6.69. The van der Waals surface area contributed by atoms with Gasteiger partial charge in [0.25, 0.3) is 0 Å². The Labute approximate surface area is 196 Å². The molecule has 0 saturated carbocycles. The highest BCUT2D eigenvalue weighted by Gasteiger charge is 2.20. The van der Waals surface area contributed by atoms with E-state index in [1.165, 1.54) is 41.4 Å². The molecule has 176 valence electrons. The number of ether oxygens (including phenoxy) is 2. The van der Waals surface area contributed by atoms with Gasteiger partial charge in [-0.1, -0.05) is 30.3 Å². The van der Waals surface area contributed by atoms with E-state index in [2.05, 4.69) is 43.2 Å². The second kappa shape index (κ2) is 11.1. The molecule has 0 bridgehead atoms. The lowest BCUT2D eigenvalue weighted by Gasteiger charge is -2.26. The first-order valence-electron chi connectivity index (χ1n) is 12.4. The summed E-state index contributed by atoms with van der Waals surface area (Å²) in [5.41, 5.74) is 4.70. The monoisotopic (exact) mass is 449 g/mol. The van der Waals surface area contributed by atoms with Gasteiger partial charge in [0.1, 0.15) is 5.69 Å². The fourth-order valence-electron chi connectivity index (χ4n) is 4.90. The summed E-state index contributed by atoms with van der Waals surface area (Å²) in [5, 5.41) is 14.0. The highest BCUT2D eigenvalue weighted by Crippen LogP contribution is 2.31. The Kier molecular flexibility index (Phi) is 7.50. The number of anilines is 1. The van der Waals surface area contributed by atoms with Crippen molar-refractivity contribution in [3.8, 4) is 0 Å². The summed E-state index contributed by atoms with van der Waals surface area (Å²) in [6.45, 7) is 8.02. The van der Waals surface area contributed by atoms with Crippen molar-refractivity contribution in [1.29, 1.82) is 0 Å². The third kappa shape index (κ3) is 5.54. The summed E-state index contributed by atoms with van der Waals surface area (Å²) in [6, 6.07) is 12.6. The molecule has 2 aliphatic heterocycles. The number of nitrogens with zero attached hydrogens (tertiary/aromatic N) is 4. The third-order valence-corrected chi connectivity index (χ3v) is 6.69. The van der Waals surface area contributed by atoms with Crippen molar-refractivity contribution in [2.45, 2.75) is 51.9 Å². The Morgan fingerprint density at radius 1 is 0.970 bits per heavy atom. The van der Waals surface area contributed by atoms with Gasteiger partial charge < -0.3 is 19.4 Å². The van der Waals surface area contributed by atoms with Crippen LogP contribution in [0.25, 0.3) is 10.9 Å². The number of hydrogen-bond acceptors (Lipinski definition) is 6. The molecule has 1 saturated heterocycles. The summed E-state index contributed by atoms with van der Waals surface area (Å²) >= 11 is 0. The van der Waals surface area contributed by atoms with Crippen molar-refractivity contribution in [1.82, 2.24) is 19.7 Å². The zero-order valence-corrected chi connectivity index (χ0v) is 19.5. The maximum absolute atomic E-state index is 6.04. The van der Waals surface area contributed by atoms with Crippen LogP contribution in [0, 0.1) is 0 Å². The fraction of sp³-hybridized carbons (Fsp3) is 0.538. The van der Waals surface area contributed by atoms with Crippen LogP contribution in [0.1, 0.15) is 42.6 Å². The van der Waals surface area contributed by atoms with Crippen LogP contribution in [-0.2, 0) is 35.7 Å². The Hall–Kier alpha value is -2.48. The summed E-state index contributed by atoms with van der Waals surface area (Å²) in [4.78, 5) is 2.49. The molecule has 1 N–H and O–H groups in total. The van der Waals surface area contributed by atoms with E-state index in [0.717, 1.165) is 70.3 Å². The van der Waals surface area contributed by atoms with Crippen LogP contribution < -0.4 is 5.32 Å². The van der Waals surface area contributed by atoms with Gasteiger partial charge >= 0.3 is 0 Å². The van der Waals surface area contributed by atoms with Gasteiger partial charge in [0.05, 0.1) is 31.9 Å². The van der Waals surface area contributed by atoms with Crippen molar-refractivity contribution < 1.29 is 9.47 Å². The number of rotatable bonds is 10. The van der Waals surface area contributed by atoms with E-state index in [1.54, 1.807) is 0 Å². The van der Waals surface area contributed by atoms with Crippen molar-refractivity contribution in [3.63, 3.8) is 0 Å². The minimum Gasteiger partial charge on any atom is -0.379 e. The highest BCUT2D eigenvalue weighted by atomic mass is 16.5. The predicted octanol–water partition coefficient (Wildman–Crippen LogP) is 4.01. The first kappa shape index (κ1) is 22.3. The number of benzene rings is 1. The van der Waals surface area contributed by atoms with Crippen LogP contribution in [0.3, 0.4) is 0 Å². The van der Waals surface area contributed by atoms with Crippen LogP contribution in [0.15, 0.2) is 36.4 Å². The van der Waals surface area contributed by atoms with Gasteiger partial charge in [-0.3, -0.25) is 4.90 Å². The van der Waals surface area contributed by atoms with Crippen molar-refractivity contribution in [3.05, 3.63) is 53.3 Å². The normalized spacial score (nSPS) is 16.7. The van der Waals surface area contributed by atoms with Crippen LogP contribution in [0.5, 0.6) is 0 Å². The molecular formula is C26H35N5O2. The number of fused-ring (bicyclic) bond motifs is 3. The van der Waals surface area contributed by atoms with E-state index in [0.29, 0.717) is 13.2 Å². The molecule has 1 aromatic carbocycles. The lowest BCUT2D eigenvalue weighted by Crippen LogP contribution is -2.36. The van der Waals surface area contributed by atoms with E-state index in [1.807, 2.05) is 18.2 Å². The molecule has 0 unspecified atom stereocenters. The SMILES string of the molecule is c1ccc(COCc2nnc(NCCCCN3CCOCC3)c3cc4n(c23)CCCC4)cc1. The van der Waals surface area contributed by atoms with Crippen molar-refractivity contribution in [2.75, 3.05) is 44.7 Å². The molecule has 33 heavy (non-hydrogen) atoms. The van der Waals surface area contributed by atoms with Gasteiger partial charge in [0.2, 0.25) is 0 Å². The average molecular weight is 450 g/mol. The first-order chi connectivity index (χ1) is 16.4. The van der Waals surface area contributed by atoms with Gasteiger partial charge in [-0.25, -0.2) is 0 Å². The van der Waals surface area contributed by atoms with Gasteiger partial charge in [0, 0.05) is 37.3 Å². The first-order valence-corrected chi connectivity index (χ1v) is 12.4. The number of nitrogens with one attached hydrogen (secondary N) is 1. The van der Waals surface area contributed by atoms with E-state index < -0.39 is 0 Å². The lowest BCUT2D eigenvalue weighted by molar-refractivity contribution is 0.0373. The number of aryl methyl sites for hydroxylation is 2. The Morgan fingerprint density at radius 3 is 2.73 bits per heavy atom. The van der Waals surface area contributed by atoms with E-state index >= 15 is 0 Å². The van der Waals surface area contributed by atoms with Gasteiger partial charge in [-0.2, -0.15) is 0 Å². The maximum Gasteiger partial charge on any atom is 0.158 e. The van der Waals surface area contributed by atoms with E-state index in [9.17, 15) is 0 Å². The van der Waals surface area contributed by atoms with Crippen LogP contribution in [-0.4, -0.2) is 59.1 Å². The number of aromatic nitrogens is 3. The van der Waals surface area contributed by atoms with E-state index in [4.69, 9.17) is 9.47 Å². The number of unbranched alkanes of at least 4 members (excludes halogenated alkanes) is 1. The van der Waals surface area contributed by atoms with Crippen molar-refractivity contribution >= 4 is 16.7 Å². The minimum absolute atomic E-state index is 0.474. The van der Waals surface area contributed by atoms with E-state index in [-0.39, 0.29) is 0 Å². The summed E-state index contributed by atoms with van der Waals surface area (Å²) < 4.78 is 13.9. The molecule has 0 radical (unpaired) electrons. The van der Waals surface area contributed by atoms with Crippen LogP contribution >= 0.6 is 0 Å². The molecule has 2 aliphatic rings. The summed E-state index contributed by atoms with van der Waals surface area (Å²) in [5.74, 6) is 0.907. The molecule has 4 heterocycles. The molecule has 0 spiro atoms. The molecule has 5 rings (SSSR count). The molecule has 0 atom stereocenters. The quantitative estimate of drug-likeness (QED) is 0.472.